The first kappa shape index (κ1) is 63.4. The van der Waals surface area contributed by atoms with E-state index in [0.29, 0.717) is 43.7 Å². The van der Waals surface area contributed by atoms with Crippen molar-refractivity contribution in [1.29, 1.82) is 0 Å². The van der Waals surface area contributed by atoms with Crippen LogP contribution in [-0.2, 0) is 67.5 Å². The molecule has 0 bridgehead atoms. The number of carboxylic acids is 2. The van der Waals surface area contributed by atoms with Crippen LogP contribution in [0.1, 0.15) is 101 Å². The Bertz CT molecular complexity index is 2290. The summed E-state index contributed by atoms with van der Waals surface area (Å²) >= 11 is 0. The molecule has 0 aliphatic carbocycles. The summed E-state index contributed by atoms with van der Waals surface area (Å²) in [7, 11) is -3.49. The van der Waals surface area contributed by atoms with Crippen molar-refractivity contribution in [2.45, 2.75) is 139 Å². The highest BCUT2D eigenvalue weighted by Crippen LogP contribution is 2.12. The van der Waals surface area contributed by atoms with Gasteiger partial charge in [0.2, 0.25) is 35.4 Å². The van der Waals surface area contributed by atoms with E-state index in [1.807, 2.05) is 30.3 Å². The highest BCUT2D eigenvalue weighted by molar-refractivity contribution is 7.90. The van der Waals surface area contributed by atoms with Crippen molar-refractivity contribution < 1.29 is 57.0 Å². The third-order valence-electron chi connectivity index (χ3n) is 11.4. The third-order valence-corrected chi connectivity index (χ3v) is 12.3. The number of hydrogen-bond donors (Lipinski definition) is 12. The summed E-state index contributed by atoms with van der Waals surface area (Å²) in [6, 6.07) is 10.1. The predicted molar refractivity (Wildman–Crippen MR) is 277 cm³/mol. The Hall–Kier alpha value is -6.76. The molecule has 0 radical (unpaired) electrons. The van der Waals surface area contributed by atoms with E-state index in [1.165, 1.54) is 12.5 Å². The highest BCUT2D eigenvalue weighted by atomic mass is 32.2. The van der Waals surface area contributed by atoms with E-state index in [4.69, 9.17) is 27.1 Å². The zero-order valence-corrected chi connectivity index (χ0v) is 43.2. The topological polar surface area (TPSA) is 390 Å². The molecule has 0 saturated carbocycles. The van der Waals surface area contributed by atoms with Crippen molar-refractivity contribution >= 4 is 57.2 Å². The van der Waals surface area contributed by atoms with Gasteiger partial charge in [0.1, 0.15) is 40.0 Å². The number of amides is 6. The van der Waals surface area contributed by atoms with Crippen LogP contribution in [0.25, 0.3) is 0 Å². The number of aliphatic carboxylic acids is 2. The van der Waals surface area contributed by atoms with E-state index in [1.54, 1.807) is 30.3 Å². The monoisotopic (exact) mass is 1060 g/mol. The average molecular weight is 1060 g/mol. The summed E-state index contributed by atoms with van der Waals surface area (Å²) < 4.78 is 23.4. The number of nitrogens with zero attached hydrogens (tertiary/aromatic N) is 1. The zero-order valence-electron chi connectivity index (χ0n) is 42.4. The van der Waals surface area contributed by atoms with Gasteiger partial charge in [0.25, 0.3) is 5.97 Å². The van der Waals surface area contributed by atoms with Crippen LogP contribution >= 0.6 is 0 Å². The van der Waals surface area contributed by atoms with Crippen LogP contribution < -0.4 is 49.1 Å². The van der Waals surface area contributed by atoms with E-state index in [9.17, 15) is 47.1 Å². The van der Waals surface area contributed by atoms with Gasteiger partial charge in [-0.2, -0.15) is 0 Å². The number of carboxylic acid groups (broad SMARTS) is 2. The van der Waals surface area contributed by atoms with Gasteiger partial charge in [0, 0.05) is 57.3 Å². The molecule has 0 fully saturated rings. The molecule has 0 aliphatic heterocycles. The first-order valence-corrected chi connectivity index (χ1v) is 26.9. The molecular formula is C50H77N11O12S. The fourth-order valence-corrected chi connectivity index (χ4v) is 8.08. The lowest BCUT2D eigenvalue weighted by Crippen LogP contribution is -2.60. The number of nitrogens with one attached hydrogen (secondary N) is 7. The molecule has 0 saturated heterocycles. The summed E-state index contributed by atoms with van der Waals surface area (Å²) in [4.78, 5) is 111. The molecule has 1 aromatic heterocycles. The molecule has 24 heteroatoms. The van der Waals surface area contributed by atoms with Gasteiger partial charge in [-0.05, 0) is 69.2 Å². The Labute approximate surface area is 433 Å². The molecule has 74 heavy (non-hydrogen) atoms. The Kier molecular flexibility index (Phi) is 30.3. The quantitative estimate of drug-likeness (QED) is 0.0348. The fourth-order valence-electron chi connectivity index (χ4n) is 7.39. The predicted octanol–water partition coefficient (Wildman–Crippen LogP) is 0.124. The van der Waals surface area contributed by atoms with Gasteiger partial charge in [0.05, 0.1) is 18.1 Å². The molecule has 23 nitrogen and oxygen atoms in total. The summed E-state index contributed by atoms with van der Waals surface area (Å²) in [5.74, 6) is -7.02. The minimum atomic E-state index is -3.49. The molecule has 410 valence electrons. The Balaban J connectivity index is 0.00000451. The smallest absolute Gasteiger partial charge is 0.303 e. The van der Waals surface area contributed by atoms with Crippen molar-refractivity contribution in [3.63, 3.8) is 0 Å². The number of hydrogen-bond acceptors (Lipinski definition) is 14. The van der Waals surface area contributed by atoms with E-state index in [0.717, 1.165) is 57.3 Å². The third kappa shape index (κ3) is 27.9. The molecule has 15 N–H and O–H groups in total. The molecule has 0 spiro atoms. The largest absolute Gasteiger partial charge is 0.481 e. The number of aromatic nitrogens is 2. The lowest BCUT2D eigenvalue weighted by Gasteiger charge is -2.27. The number of unbranched alkanes of at least 4 members (excludes halogenated alkanes) is 6. The maximum absolute atomic E-state index is 14.5. The van der Waals surface area contributed by atoms with Gasteiger partial charge < -0.3 is 64.3 Å². The standard InChI is InChI=1S/C48H73N11O10S.C2H4O2/c1-70(68,69)27-23-36(51)43(62)55-38(21-22-42(60)61)46(65)59-41(30-35-31-52-32-54-35)48(67)58-40(29-34-18-10-7-11-19-34)47(66)56-37(20-12-14-25-50)45(64)57-39(28-33-16-8-6-9-17-33)44(63)53-26-15-5-3-2-4-13-24-49;1-2(3)4/h6-11,16-19,31-32,36-41H,2-5,12-15,20-30,49-51H2,1H3,(H,52,54)(H,53,63)(H,55,62)(H,56,66)(H,57,64)(H,58,67)(H,59,65)(H,60,61);1H3,(H,3,4)/t36-,37+,38-,39-,40-,41-;/m0./s1. The SMILES string of the molecule is CC(=O)O.CS(=O)(=O)CC[C@H](N)C(=O)N[C@@H](CCC(=O)O)C(=O)N[C@@H](Cc1cnc[nH]1)C(=O)N[C@@H](Cc1ccccc1)C(=O)N[C@H](CCCCN)C(=O)N[C@@H](Cc1ccccc1)C(=O)NCCCCCCCCN. The van der Waals surface area contributed by atoms with E-state index in [2.05, 4.69) is 41.9 Å². The number of H-pyrrole nitrogens is 1. The van der Waals surface area contributed by atoms with E-state index >= 15 is 0 Å². The minimum absolute atomic E-state index is 0.0605. The van der Waals surface area contributed by atoms with Crippen molar-refractivity contribution in [1.82, 2.24) is 41.9 Å². The lowest BCUT2D eigenvalue weighted by atomic mass is 10.0. The molecule has 0 aliphatic rings. The van der Waals surface area contributed by atoms with Gasteiger partial charge >= 0.3 is 5.97 Å². The van der Waals surface area contributed by atoms with Gasteiger partial charge in [-0.3, -0.25) is 38.4 Å². The van der Waals surface area contributed by atoms with Crippen LogP contribution in [0.5, 0.6) is 0 Å². The number of rotatable bonds is 35. The van der Waals surface area contributed by atoms with Gasteiger partial charge in [0.15, 0.2) is 0 Å². The van der Waals surface area contributed by atoms with Gasteiger partial charge in [-0.25, -0.2) is 13.4 Å². The molecule has 2 aromatic carbocycles. The van der Waals surface area contributed by atoms with Crippen LogP contribution in [-0.4, -0.2) is 144 Å². The number of imidazole rings is 1. The second-order valence-electron chi connectivity index (χ2n) is 17.9. The lowest BCUT2D eigenvalue weighted by molar-refractivity contribution is -0.138. The van der Waals surface area contributed by atoms with Gasteiger partial charge in [-0.15, -0.1) is 0 Å². The molecule has 3 aromatic rings. The van der Waals surface area contributed by atoms with Crippen LogP contribution in [0.2, 0.25) is 0 Å². The number of nitrogens with two attached hydrogens (primary N) is 3. The minimum Gasteiger partial charge on any atom is -0.481 e. The highest BCUT2D eigenvalue weighted by Gasteiger charge is 2.34. The van der Waals surface area contributed by atoms with Crippen LogP contribution in [0, 0.1) is 0 Å². The molecule has 0 unspecified atom stereocenters. The average Bonchev–Trinajstić information content (AvgIpc) is 3.87. The van der Waals surface area contributed by atoms with Crippen LogP contribution in [0.15, 0.2) is 73.2 Å². The Morgan fingerprint density at radius 3 is 1.50 bits per heavy atom. The molecule has 6 amide bonds. The summed E-state index contributed by atoms with van der Waals surface area (Å²) in [5, 5.41) is 33.2. The molecule has 6 atom stereocenters. The first-order chi connectivity index (χ1) is 35.2. The second-order valence-corrected chi connectivity index (χ2v) is 20.2. The normalized spacial score (nSPS) is 13.5. The summed E-state index contributed by atoms with van der Waals surface area (Å²) in [5.41, 5.74) is 19.2. The number of carbonyl (C=O) groups excluding carboxylic acids is 6. The number of benzene rings is 2. The van der Waals surface area contributed by atoms with Crippen molar-refractivity contribution in [2.75, 3.05) is 31.6 Å². The first-order valence-electron chi connectivity index (χ1n) is 24.8. The van der Waals surface area contributed by atoms with Crippen molar-refractivity contribution in [3.8, 4) is 0 Å². The van der Waals surface area contributed by atoms with Crippen molar-refractivity contribution in [3.05, 3.63) is 90.0 Å². The summed E-state index contributed by atoms with van der Waals surface area (Å²) in [6.07, 6.45) is 9.26. The maximum atomic E-state index is 14.5. The number of sulfone groups is 1. The van der Waals surface area contributed by atoms with E-state index < -0.39 is 106 Å². The van der Waals surface area contributed by atoms with E-state index in [-0.39, 0.29) is 38.0 Å². The molecule has 1 heterocycles. The summed E-state index contributed by atoms with van der Waals surface area (Å²) in [6.45, 7) is 2.47. The molecular weight excluding hydrogens is 979 g/mol. The fraction of sp³-hybridized carbons (Fsp3) is 0.540. The Morgan fingerprint density at radius 2 is 1.01 bits per heavy atom. The zero-order chi connectivity index (χ0) is 54.9. The molecule has 3 rings (SSSR count). The number of carbonyl (C=O) groups is 8. The Morgan fingerprint density at radius 1 is 0.581 bits per heavy atom. The second kappa shape index (κ2) is 35.4. The van der Waals surface area contributed by atoms with Gasteiger partial charge in [-0.1, -0.05) is 86.3 Å². The number of aromatic amines is 1. The maximum Gasteiger partial charge on any atom is 0.303 e. The van der Waals surface area contributed by atoms with Crippen LogP contribution in [0.3, 0.4) is 0 Å². The van der Waals surface area contributed by atoms with Crippen LogP contribution in [0.4, 0.5) is 0 Å². The van der Waals surface area contributed by atoms with Crippen molar-refractivity contribution in [2.24, 2.45) is 17.2 Å².